The van der Waals surface area contributed by atoms with Crippen molar-refractivity contribution in [1.29, 1.82) is 0 Å². The summed E-state index contributed by atoms with van der Waals surface area (Å²) in [5.41, 5.74) is -0.578. The average molecular weight is 180 g/mol. The number of fused-ring (bicyclic) bond motifs is 1. The molecule has 0 saturated carbocycles. The molecule has 13 heavy (non-hydrogen) atoms. The molecule has 0 atom stereocenters. The summed E-state index contributed by atoms with van der Waals surface area (Å²) in [6.45, 7) is 0. The zero-order valence-electron chi connectivity index (χ0n) is 6.24. The number of H-pyrrole nitrogens is 2. The van der Waals surface area contributed by atoms with Crippen LogP contribution in [-0.2, 0) is 0 Å². The van der Waals surface area contributed by atoms with Crippen LogP contribution in [0, 0.1) is 0 Å². The van der Waals surface area contributed by atoms with E-state index in [0.717, 1.165) is 6.33 Å². The Labute approximate surface area is 70.4 Å². The number of carbonyl (C=O) groups is 1. The van der Waals surface area contributed by atoms with Gasteiger partial charge < -0.3 is 10.1 Å². The first-order valence-electron chi connectivity index (χ1n) is 3.35. The Morgan fingerprint density at radius 1 is 1.46 bits per heavy atom. The Hall–Kier alpha value is -2.18. The monoisotopic (exact) mass is 180 g/mol. The minimum Gasteiger partial charge on any atom is -0.476 e. The van der Waals surface area contributed by atoms with Gasteiger partial charge in [0.2, 0.25) is 0 Å². The van der Waals surface area contributed by atoms with Crippen LogP contribution in [0.4, 0.5) is 0 Å². The fraction of sp³-hybridized carbons (Fsp3) is 0. The van der Waals surface area contributed by atoms with Crippen LogP contribution in [0.15, 0.2) is 11.1 Å². The average Bonchev–Trinajstić information content (AvgIpc) is 2.48. The van der Waals surface area contributed by atoms with Gasteiger partial charge >= 0.3 is 5.97 Å². The summed E-state index contributed by atoms with van der Waals surface area (Å²) in [4.78, 5) is 27.6. The van der Waals surface area contributed by atoms with Crippen LogP contribution in [0.25, 0.3) is 11.0 Å². The van der Waals surface area contributed by atoms with E-state index in [0.29, 0.717) is 0 Å². The maximum Gasteiger partial charge on any atom is 0.356 e. The van der Waals surface area contributed by atoms with Crippen LogP contribution in [-0.4, -0.2) is 31.2 Å². The van der Waals surface area contributed by atoms with Gasteiger partial charge in [0.1, 0.15) is 5.52 Å². The van der Waals surface area contributed by atoms with E-state index in [4.69, 9.17) is 5.11 Å². The normalized spacial score (nSPS) is 10.5. The highest BCUT2D eigenvalue weighted by Gasteiger charge is 2.14. The fourth-order valence-corrected chi connectivity index (χ4v) is 0.993. The van der Waals surface area contributed by atoms with Gasteiger partial charge in [-0.2, -0.15) is 5.10 Å². The summed E-state index contributed by atoms with van der Waals surface area (Å²) in [6.07, 6.45) is 1.13. The molecule has 3 N–H and O–H groups in total. The predicted octanol–water partition coefficient (Wildman–Crippen LogP) is -0.656. The first kappa shape index (κ1) is 7.47. The minimum absolute atomic E-state index is 0.0000926. The summed E-state index contributed by atoms with van der Waals surface area (Å²) in [7, 11) is 0. The molecule has 0 fully saturated rings. The lowest BCUT2D eigenvalue weighted by Gasteiger charge is -1.86. The smallest absolute Gasteiger partial charge is 0.356 e. The lowest BCUT2D eigenvalue weighted by molar-refractivity contribution is 0.0692. The lowest BCUT2D eigenvalue weighted by atomic mass is 10.3. The molecule has 0 unspecified atom stereocenters. The molecular formula is C6H4N4O3. The SMILES string of the molecule is O=C(O)c1[nH]nc2c(=O)[nH]cnc12. The van der Waals surface area contributed by atoms with Gasteiger partial charge in [-0.15, -0.1) is 0 Å². The van der Waals surface area contributed by atoms with Crippen molar-refractivity contribution in [3.8, 4) is 0 Å². The second-order valence-electron chi connectivity index (χ2n) is 2.33. The number of hydrogen-bond acceptors (Lipinski definition) is 4. The Kier molecular flexibility index (Phi) is 1.38. The van der Waals surface area contributed by atoms with Crippen LogP contribution >= 0.6 is 0 Å². The van der Waals surface area contributed by atoms with Crippen molar-refractivity contribution < 1.29 is 9.90 Å². The molecule has 2 heterocycles. The number of carboxylic acid groups (broad SMARTS) is 1. The van der Waals surface area contributed by atoms with Crippen molar-refractivity contribution in [2.24, 2.45) is 0 Å². The molecule has 66 valence electrons. The summed E-state index contributed by atoms with van der Waals surface area (Å²) >= 11 is 0. The standard InChI is InChI=1S/C6H4N4O3/c11-5-3-2(7-1-8-5)4(6(12)13)10-9-3/h1H,(H,9,10)(H,12,13)(H,7,8,11). The largest absolute Gasteiger partial charge is 0.476 e. The molecular weight excluding hydrogens is 176 g/mol. The molecule has 7 heteroatoms. The van der Waals surface area contributed by atoms with E-state index in [-0.39, 0.29) is 16.7 Å². The van der Waals surface area contributed by atoms with Gasteiger partial charge in [0.05, 0.1) is 6.33 Å². The third-order valence-electron chi connectivity index (χ3n) is 1.56. The van der Waals surface area contributed by atoms with E-state index in [1.165, 1.54) is 0 Å². The highest BCUT2D eigenvalue weighted by molar-refractivity contribution is 5.98. The minimum atomic E-state index is -1.19. The molecule has 0 spiro atoms. The van der Waals surface area contributed by atoms with Crippen molar-refractivity contribution >= 4 is 17.0 Å². The molecule has 2 aromatic rings. The topological polar surface area (TPSA) is 112 Å². The Balaban J connectivity index is 2.91. The fourth-order valence-electron chi connectivity index (χ4n) is 0.993. The van der Waals surface area contributed by atoms with Crippen molar-refractivity contribution in [3.05, 3.63) is 22.4 Å². The van der Waals surface area contributed by atoms with E-state index in [2.05, 4.69) is 20.2 Å². The van der Waals surface area contributed by atoms with E-state index in [9.17, 15) is 9.59 Å². The third-order valence-corrected chi connectivity index (χ3v) is 1.56. The Bertz CT molecular complexity index is 526. The second kappa shape index (κ2) is 2.41. The Morgan fingerprint density at radius 2 is 2.23 bits per heavy atom. The molecule has 2 aromatic heterocycles. The highest BCUT2D eigenvalue weighted by atomic mass is 16.4. The summed E-state index contributed by atoms with van der Waals surface area (Å²) in [6, 6.07) is 0. The Morgan fingerprint density at radius 3 is 2.92 bits per heavy atom. The van der Waals surface area contributed by atoms with Crippen LogP contribution in [0.1, 0.15) is 10.5 Å². The van der Waals surface area contributed by atoms with Gasteiger partial charge in [0.15, 0.2) is 11.2 Å². The van der Waals surface area contributed by atoms with Crippen LogP contribution in [0.3, 0.4) is 0 Å². The van der Waals surface area contributed by atoms with E-state index in [1.807, 2.05) is 0 Å². The third kappa shape index (κ3) is 0.975. The van der Waals surface area contributed by atoms with Crippen molar-refractivity contribution in [2.45, 2.75) is 0 Å². The van der Waals surface area contributed by atoms with Crippen molar-refractivity contribution in [2.75, 3.05) is 0 Å². The summed E-state index contributed by atoms with van der Waals surface area (Å²) in [5.74, 6) is -1.19. The highest BCUT2D eigenvalue weighted by Crippen LogP contribution is 2.06. The maximum atomic E-state index is 11.0. The van der Waals surface area contributed by atoms with E-state index >= 15 is 0 Å². The van der Waals surface area contributed by atoms with E-state index in [1.54, 1.807) is 0 Å². The van der Waals surface area contributed by atoms with Gasteiger partial charge in [0.25, 0.3) is 5.56 Å². The number of carboxylic acids is 1. The van der Waals surface area contributed by atoms with Crippen LogP contribution < -0.4 is 5.56 Å². The zero-order valence-corrected chi connectivity index (χ0v) is 6.24. The number of nitrogens with one attached hydrogen (secondary N) is 2. The zero-order chi connectivity index (χ0) is 9.42. The molecule has 7 nitrogen and oxygen atoms in total. The molecule has 0 radical (unpaired) electrons. The van der Waals surface area contributed by atoms with E-state index < -0.39 is 11.5 Å². The molecule has 0 aromatic carbocycles. The van der Waals surface area contributed by atoms with Gasteiger partial charge in [-0.25, -0.2) is 9.78 Å². The number of nitrogens with zero attached hydrogens (tertiary/aromatic N) is 2. The predicted molar refractivity (Wildman–Crippen MR) is 41.5 cm³/mol. The summed E-state index contributed by atoms with van der Waals surface area (Å²) in [5, 5.41) is 14.4. The number of aromatic carboxylic acids is 1. The molecule has 2 rings (SSSR count). The second-order valence-corrected chi connectivity index (χ2v) is 2.33. The van der Waals surface area contributed by atoms with Crippen LogP contribution in [0.2, 0.25) is 0 Å². The lowest BCUT2D eigenvalue weighted by Crippen LogP contribution is -2.06. The first-order valence-corrected chi connectivity index (χ1v) is 3.35. The number of aromatic amines is 2. The van der Waals surface area contributed by atoms with Gasteiger partial charge in [-0.05, 0) is 0 Å². The van der Waals surface area contributed by atoms with Crippen molar-refractivity contribution in [1.82, 2.24) is 20.2 Å². The molecule has 0 aliphatic carbocycles. The van der Waals surface area contributed by atoms with Gasteiger partial charge in [0, 0.05) is 0 Å². The number of aromatic nitrogens is 4. The quantitative estimate of drug-likeness (QED) is 0.539. The van der Waals surface area contributed by atoms with Crippen molar-refractivity contribution in [3.63, 3.8) is 0 Å². The molecule has 0 aliphatic rings. The number of hydrogen-bond donors (Lipinski definition) is 3. The molecule has 0 amide bonds. The van der Waals surface area contributed by atoms with Gasteiger partial charge in [-0.1, -0.05) is 0 Å². The maximum absolute atomic E-state index is 11.0. The van der Waals surface area contributed by atoms with Crippen LogP contribution in [0.5, 0.6) is 0 Å². The molecule has 0 saturated heterocycles. The summed E-state index contributed by atoms with van der Waals surface area (Å²) < 4.78 is 0. The molecule has 0 aliphatic heterocycles. The number of rotatable bonds is 1. The first-order chi connectivity index (χ1) is 6.20. The molecule has 0 bridgehead atoms. The van der Waals surface area contributed by atoms with Gasteiger partial charge in [-0.3, -0.25) is 9.89 Å².